The largest absolute Gasteiger partial charge is 0.348 e. The molecule has 4 aromatic rings. The van der Waals surface area contributed by atoms with E-state index in [0.29, 0.717) is 17.8 Å². The van der Waals surface area contributed by atoms with Gasteiger partial charge >= 0.3 is 0 Å². The first-order valence-corrected chi connectivity index (χ1v) is 12.5. The molecule has 1 amide bonds. The fourth-order valence-electron chi connectivity index (χ4n) is 3.75. The van der Waals surface area contributed by atoms with E-state index in [4.69, 9.17) is 0 Å². The Morgan fingerprint density at radius 1 is 0.848 bits per heavy atom. The summed E-state index contributed by atoms with van der Waals surface area (Å²) < 4.78 is 26.3. The van der Waals surface area contributed by atoms with Crippen LogP contribution in [-0.2, 0) is 23.1 Å². The topological polar surface area (TPSA) is 66.5 Å². The van der Waals surface area contributed by atoms with E-state index in [0.717, 1.165) is 27.5 Å². The van der Waals surface area contributed by atoms with E-state index in [1.807, 2.05) is 61.5 Å². The van der Waals surface area contributed by atoms with Gasteiger partial charge in [-0.15, -0.1) is 0 Å². The van der Waals surface area contributed by atoms with Crippen LogP contribution in [0.2, 0.25) is 0 Å². The fourth-order valence-corrected chi connectivity index (χ4v) is 4.63. The van der Waals surface area contributed by atoms with Crippen molar-refractivity contribution in [2.45, 2.75) is 20.0 Å². The molecule has 4 aromatic carbocycles. The van der Waals surface area contributed by atoms with Gasteiger partial charge in [-0.1, -0.05) is 60.7 Å². The third kappa shape index (κ3) is 5.41. The molecular formula is C27H26N2O3S. The van der Waals surface area contributed by atoms with E-state index in [1.54, 1.807) is 24.3 Å². The monoisotopic (exact) mass is 458 g/mol. The smallest absolute Gasteiger partial charge is 0.251 e. The molecule has 0 unspecified atom stereocenters. The summed E-state index contributed by atoms with van der Waals surface area (Å²) in [5, 5.41) is 5.22. The summed E-state index contributed by atoms with van der Waals surface area (Å²) in [6.07, 6.45) is 1.19. The van der Waals surface area contributed by atoms with Crippen LogP contribution in [0.5, 0.6) is 0 Å². The van der Waals surface area contributed by atoms with Crippen molar-refractivity contribution in [3.05, 3.63) is 113 Å². The van der Waals surface area contributed by atoms with Gasteiger partial charge in [-0.2, -0.15) is 0 Å². The van der Waals surface area contributed by atoms with Crippen LogP contribution in [0.4, 0.5) is 5.69 Å². The highest BCUT2D eigenvalue weighted by Crippen LogP contribution is 2.23. The predicted molar refractivity (Wildman–Crippen MR) is 134 cm³/mol. The summed E-state index contributed by atoms with van der Waals surface area (Å²) in [5.74, 6) is -0.209. The highest BCUT2D eigenvalue weighted by atomic mass is 32.2. The molecule has 0 saturated carbocycles. The molecule has 4 rings (SSSR count). The fraction of sp³-hybridized carbons (Fsp3) is 0.148. The molecule has 0 aliphatic carbocycles. The van der Waals surface area contributed by atoms with Gasteiger partial charge in [0.25, 0.3) is 5.91 Å². The van der Waals surface area contributed by atoms with E-state index < -0.39 is 10.0 Å². The Kier molecular flexibility index (Phi) is 6.47. The zero-order valence-corrected chi connectivity index (χ0v) is 19.5. The highest BCUT2D eigenvalue weighted by molar-refractivity contribution is 7.92. The van der Waals surface area contributed by atoms with Gasteiger partial charge < -0.3 is 5.32 Å². The number of nitrogens with zero attached hydrogens (tertiary/aromatic N) is 1. The van der Waals surface area contributed by atoms with E-state index in [2.05, 4.69) is 17.4 Å². The average Bonchev–Trinajstić information content (AvgIpc) is 2.81. The summed E-state index contributed by atoms with van der Waals surface area (Å²) in [6, 6.07) is 28.5. The quantitative estimate of drug-likeness (QED) is 0.422. The Labute approximate surface area is 194 Å². The zero-order chi connectivity index (χ0) is 23.4. The lowest BCUT2D eigenvalue weighted by Gasteiger charge is -2.23. The van der Waals surface area contributed by atoms with Crippen molar-refractivity contribution in [3.8, 4) is 0 Å². The molecule has 0 saturated heterocycles. The van der Waals surface area contributed by atoms with Crippen LogP contribution in [-0.4, -0.2) is 20.6 Å². The number of rotatable bonds is 7. The van der Waals surface area contributed by atoms with E-state index in [-0.39, 0.29) is 12.5 Å². The molecule has 0 heterocycles. The molecule has 0 bridgehead atoms. The second-order valence-corrected chi connectivity index (χ2v) is 10.0. The molecule has 0 aliphatic rings. The first-order valence-electron chi connectivity index (χ1n) is 10.7. The van der Waals surface area contributed by atoms with Crippen molar-refractivity contribution >= 4 is 32.4 Å². The number of hydrogen-bond donors (Lipinski definition) is 1. The second kappa shape index (κ2) is 9.46. The van der Waals surface area contributed by atoms with Crippen LogP contribution >= 0.6 is 0 Å². The summed E-state index contributed by atoms with van der Waals surface area (Å²) in [6.45, 7) is 2.60. The van der Waals surface area contributed by atoms with E-state index >= 15 is 0 Å². The maximum atomic E-state index is 12.7. The normalized spacial score (nSPS) is 11.3. The Bertz CT molecular complexity index is 1400. The Balaban J connectivity index is 1.47. The highest BCUT2D eigenvalue weighted by Gasteiger charge is 2.19. The third-order valence-electron chi connectivity index (χ3n) is 5.66. The Morgan fingerprint density at radius 3 is 2.21 bits per heavy atom. The summed E-state index contributed by atoms with van der Waals surface area (Å²) in [5.41, 5.74) is 3.96. The van der Waals surface area contributed by atoms with Gasteiger partial charge in [-0.3, -0.25) is 9.10 Å². The lowest BCUT2D eigenvalue weighted by Crippen LogP contribution is -2.29. The SMILES string of the molecule is Cc1ccccc1CN(c1ccc(C(=O)NCc2ccc3ccccc3c2)cc1)S(C)(=O)=O. The number of fused-ring (bicyclic) bond motifs is 1. The van der Waals surface area contributed by atoms with Gasteiger partial charge in [-0.05, 0) is 64.7 Å². The molecule has 0 spiro atoms. The van der Waals surface area contributed by atoms with Crippen LogP contribution in [0.25, 0.3) is 10.8 Å². The number of hydrogen-bond acceptors (Lipinski definition) is 3. The number of nitrogens with one attached hydrogen (secondary N) is 1. The standard InChI is InChI=1S/C27H26N2O3S/c1-20-7-3-4-10-25(20)19-29(33(2,31)32)26-15-13-23(14-16-26)27(30)28-18-21-11-12-22-8-5-6-9-24(22)17-21/h3-17H,18-19H2,1-2H3,(H,28,30). The lowest BCUT2D eigenvalue weighted by molar-refractivity contribution is 0.0951. The number of amides is 1. The number of benzene rings is 4. The molecule has 168 valence electrons. The van der Waals surface area contributed by atoms with E-state index in [1.165, 1.54) is 10.6 Å². The molecule has 0 aromatic heterocycles. The zero-order valence-electron chi connectivity index (χ0n) is 18.7. The van der Waals surface area contributed by atoms with Gasteiger partial charge in [0.15, 0.2) is 0 Å². The number of anilines is 1. The van der Waals surface area contributed by atoms with Crippen LogP contribution in [0, 0.1) is 6.92 Å². The molecule has 0 atom stereocenters. The van der Waals surface area contributed by atoms with Crippen LogP contribution in [0.3, 0.4) is 0 Å². The molecular weight excluding hydrogens is 432 g/mol. The van der Waals surface area contributed by atoms with Gasteiger partial charge in [-0.25, -0.2) is 8.42 Å². The minimum absolute atomic E-state index is 0.209. The number of aryl methyl sites for hydroxylation is 1. The minimum Gasteiger partial charge on any atom is -0.348 e. The van der Waals surface area contributed by atoms with Crippen LogP contribution in [0.1, 0.15) is 27.0 Å². The maximum Gasteiger partial charge on any atom is 0.251 e. The maximum absolute atomic E-state index is 12.7. The summed E-state index contributed by atoms with van der Waals surface area (Å²) >= 11 is 0. The molecule has 0 fully saturated rings. The predicted octanol–water partition coefficient (Wildman–Crippen LogP) is 5.04. The van der Waals surface area contributed by atoms with Crippen molar-refractivity contribution in [2.75, 3.05) is 10.6 Å². The lowest BCUT2D eigenvalue weighted by atomic mass is 10.1. The summed E-state index contributed by atoms with van der Waals surface area (Å²) in [4.78, 5) is 12.7. The first-order chi connectivity index (χ1) is 15.8. The molecule has 0 radical (unpaired) electrons. The van der Waals surface area contributed by atoms with Crippen molar-refractivity contribution in [3.63, 3.8) is 0 Å². The number of carbonyl (C=O) groups excluding carboxylic acids is 1. The molecule has 33 heavy (non-hydrogen) atoms. The Morgan fingerprint density at radius 2 is 1.52 bits per heavy atom. The van der Waals surface area contributed by atoms with Crippen molar-refractivity contribution in [1.82, 2.24) is 5.32 Å². The van der Waals surface area contributed by atoms with Crippen molar-refractivity contribution in [1.29, 1.82) is 0 Å². The van der Waals surface area contributed by atoms with E-state index in [9.17, 15) is 13.2 Å². The average molecular weight is 459 g/mol. The van der Waals surface area contributed by atoms with Crippen molar-refractivity contribution in [2.24, 2.45) is 0 Å². The second-order valence-electron chi connectivity index (χ2n) is 8.11. The minimum atomic E-state index is -3.50. The molecule has 5 nitrogen and oxygen atoms in total. The Hall–Kier alpha value is -3.64. The molecule has 6 heteroatoms. The van der Waals surface area contributed by atoms with Gasteiger partial charge in [0.05, 0.1) is 18.5 Å². The van der Waals surface area contributed by atoms with Crippen LogP contribution in [0.15, 0.2) is 91.0 Å². The third-order valence-corrected chi connectivity index (χ3v) is 6.80. The number of carbonyl (C=O) groups is 1. The van der Waals surface area contributed by atoms with Crippen molar-refractivity contribution < 1.29 is 13.2 Å². The molecule has 1 N–H and O–H groups in total. The van der Waals surface area contributed by atoms with Crippen LogP contribution < -0.4 is 9.62 Å². The van der Waals surface area contributed by atoms with Gasteiger partial charge in [0.2, 0.25) is 10.0 Å². The molecule has 0 aliphatic heterocycles. The first kappa shape index (κ1) is 22.6. The van der Waals surface area contributed by atoms with Gasteiger partial charge in [0, 0.05) is 12.1 Å². The summed E-state index contributed by atoms with van der Waals surface area (Å²) in [7, 11) is -3.50. The number of sulfonamides is 1. The van der Waals surface area contributed by atoms with Gasteiger partial charge in [0.1, 0.15) is 0 Å².